The SMILES string of the molecule is COC(=O)C(C)CSc1ncc(C)cn1. The van der Waals surface area contributed by atoms with Crippen LogP contribution in [0.1, 0.15) is 12.5 Å². The van der Waals surface area contributed by atoms with E-state index in [9.17, 15) is 4.79 Å². The van der Waals surface area contributed by atoms with E-state index in [4.69, 9.17) is 0 Å². The zero-order chi connectivity index (χ0) is 11.3. The van der Waals surface area contributed by atoms with Gasteiger partial charge in [-0.25, -0.2) is 9.97 Å². The van der Waals surface area contributed by atoms with E-state index in [1.807, 2.05) is 13.8 Å². The molecule has 0 amide bonds. The van der Waals surface area contributed by atoms with Gasteiger partial charge in [0.1, 0.15) is 0 Å². The summed E-state index contributed by atoms with van der Waals surface area (Å²) < 4.78 is 4.63. The molecule has 0 aliphatic carbocycles. The van der Waals surface area contributed by atoms with Crippen molar-refractivity contribution in [2.75, 3.05) is 12.9 Å². The number of aromatic nitrogens is 2. The lowest BCUT2D eigenvalue weighted by molar-refractivity contribution is -0.143. The highest BCUT2D eigenvalue weighted by Gasteiger charge is 2.13. The normalized spacial score (nSPS) is 12.2. The van der Waals surface area contributed by atoms with Crippen LogP contribution in [0, 0.1) is 12.8 Å². The molecule has 1 aromatic heterocycles. The molecule has 1 aromatic rings. The van der Waals surface area contributed by atoms with E-state index < -0.39 is 0 Å². The first-order chi connectivity index (χ1) is 7.13. The van der Waals surface area contributed by atoms with Gasteiger partial charge in [0.15, 0.2) is 5.16 Å². The number of carbonyl (C=O) groups is 1. The Hall–Kier alpha value is -1.10. The third-order valence-corrected chi connectivity index (χ3v) is 2.96. The van der Waals surface area contributed by atoms with Gasteiger partial charge >= 0.3 is 5.97 Å². The molecule has 1 heterocycles. The van der Waals surface area contributed by atoms with Crippen molar-refractivity contribution in [3.63, 3.8) is 0 Å². The van der Waals surface area contributed by atoms with E-state index in [-0.39, 0.29) is 11.9 Å². The molecule has 0 saturated carbocycles. The highest BCUT2D eigenvalue weighted by atomic mass is 32.2. The highest BCUT2D eigenvalue weighted by molar-refractivity contribution is 7.99. The molecule has 1 unspecified atom stereocenters. The number of carbonyl (C=O) groups excluding carboxylic acids is 1. The fourth-order valence-electron chi connectivity index (χ4n) is 0.924. The summed E-state index contributed by atoms with van der Waals surface area (Å²) in [4.78, 5) is 19.4. The van der Waals surface area contributed by atoms with Crippen LogP contribution in [0.5, 0.6) is 0 Å². The van der Waals surface area contributed by atoms with Gasteiger partial charge in [-0.05, 0) is 12.5 Å². The molecule has 4 nitrogen and oxygen atoms in total. The summed E-state index contributed by atoms with van der Waals surface area (Å²) in [6, 6.07) is 0. The zero-order valence-electron chi connectivity index (χ0n) is 9.06. The number of aryl methyl sites for hydroxylation is 1. The summed E-state index contributed by atoms with van der Waals surface area (Å²) in [5.74, 6) is 0.301. The molecule has 0 saturated heterocycles. The van der Waals surface area contributed by atoms with E-state index in [0.29, 0.717) is 10.9 Å². The molecule has 5 heteroatoms. The molecule has 0 bridgehead atoms. The lowest BCUT2D eigenvalue weighted by Gasteiger charge is -2.07. The molecule has 1 rings (SSSR count). The summed E-state index contributed by atoms with van der Waals surface area (Å²) >= 11 is 1.46. The van der Waals surface area contributed by atoms with Gasteiger partial charge in [-0.2, -0.15) is 0 Å². The molecule has 0 radical (unpaired) electrons. The molecule has 0 aliphatic rings. The predicted molar refractivity (Wildman–Crippen MR) is 58.7 cm³/mol. The van der Waals surface area contributed by atoms with Crippen molar-refractivity contribution in [3.05, 3.63) is 18.0 Å². The number of ether oxygens (including phenoxy) is 1. The van der Waals surface area contributed by atoms with Crippen molar-refractivity contribution in [2.24, 2.45) is 5.92 Å². The second-order valence-electron chi connectivity index (χ2n) is 3.28. The number of thioether (sulfide) groups is 1. The van der Waals surface area contributed by atoms with Gasteiger partial charge in [-0.1, -0.05) is 18.7 Å². The van der Waals surface area contributed by atoms with Crippen molar-refractivity contribution in [1.82, 2.24) is 9.97 Å². The molecule has 0 fully saturated rings. The van der Waals surface area contributed by atoms with E-state index in [1.54, 1.807) is 12.4 Å². The Balaban J connectivity index is 2.43. The fraction of sp³-hybridized carbons (Fsp3) is 0.500. The van der Waals surface area contributed by atoms with E-state index in [0.717, 1.165) is 5.56 Å². The number of esters is 1. The first-order valence-corrected chi connectivity index (χ1v) is 5.61. The van der Waals surface area contributed by atoms with Crippen LogP contribution < -0.4 is 0 Å². The van der Waals surface area contributed by atoms with Crippen LogP contribution in [0.15, 0.2) is 17.6 Å². The van der Waals surface area contributed by atoms with Gasteiger partial charge in [0.2, 0.25) is 0 Å². The van der Waals surface area contributed by atoms with E-state index in [1.165, 1.54) is 18.9 Å². The monoisotopic (exact) mass is 226 g/mol. The maximum Gasteiger partial charge on any atom is 0.309 e. The van der Waals surface area contributed by atoms with Crippen LogP contribution in [-0.2, 0) is 9.53 Å². The Kier molecular flexibility index (Phi) is 4.55. The molecular weight excluding hydrogens is 212 g/mol. The number of hydrogen-bond donors (Lipinski definition) is 0. The van der Waals surface area contributed by atoms with Crippen molar-refractivity contribution in [3.8, 4) is 0 Å². The fourth-order valence-corrected chi connectivity index (χ4v) is 1.71. The second kappa shape index (κ2) is 5.70. The van der Waals surface area contributed by atoms with Crippen LogP contribution >= 0.6 is 11.8 Å². The smallest absolute Gasteiger partial charge is 0.309 e. The average Bonchev–Trinajstić information content (AvgIpc) is 2.26. The number of rotatable bonds is 4. The van der Waals surface area contributed by atoms with E-state index in [2.05, 4.69) is 14.7 Å². The van der Waals surface area contributed by atoms with Crippen LogP contribution in [0.3, 0.4) is 0 Å². The number of methoxy groups -OCH3 is 1. The summed E-state index contributed by atoms with van der Waals surface area (Å²) in [5, 5.41) is 0.691. The summed E-state index contributed by atoms with van der Waals surface area (Å²) in [5.41, 5.74) is 1.03. The minimum absolute atomic E-state index is 0.134. The van der Waals surface area contributed by atoms with Crippen LogP contribution in [0.25, 0.3) is 0 Å². The Morgan fingerprint density at radius 1 is 1.53 bits per heavy atom. The van der Waals surface area contributed by atoms with Crippen molar-refractivity contribution < 1.29 is 9.53 Å². The largest absolute Gasteiger partial charge is 0.469 e. The second-order valence-corrected chi connectivity index (χ2v) is 4.27. The third-order valence-electron chi connectivity index (χ3n) is 1.82. The summed E-state index contributed by atoms with van der Waals surface area (Å²) in [6.45, 7) is 3.76. The Labute approximate surface area is 93.5 Å². The van der Waals surface area contributed by atoms with Crippen molar-refractivity contribution in [2.45, 2.75) is 19.0 Å². The topological polar surface area (TPSA) is 52.1 Å². The molecule has 15 heavy (non-hydrogen) atoms. The van der Waals surface area contributed by atoms with Crippen LogP contribution in [-0.4, -0.2) is 28.8 Å². The maximum absolute atomic E-state index is 11.1. The van der Waals surface area contributed by atoms with Crippen LogP contribution in [0.2, 0.25) is 0 Å². The molecular formula is C10H14N2O2S. The van der Waals surface area contributed by atoms with Crippen molar-refractivity contribution >= 4 is 17.7 Å². The molecule has 1 atom stereocenters. The minimum Gasteiger partial charge on any atom is -0.469 e. The first kappa shape index (κ1) is 12.0. The maximum atomic E-state index is 11.1. The third kappa shape index (κ3) is 3.87. The molecule has 0 aromatic carbocycles. The molecule has 0 aliphatic heterocycles. The Morgan fingerprint density at radius 2 is 2.13 bits per heavy atom. The molecule has 0 spiro atoms. The van der Waals surface area contributed by atoms with Gasteiger partial charge in [0.05, 0.1) is 13.0 Å². The quantitative estimate of drug-likeness (QED) is 0.444. The predicted octanol–water partition coefficient (Wildman–Crippen LogP) is 1.69. The van der Waals surface area contributed by atoms with Crippen molar-refractivity contribution in [1.29, 1.82) is 0 Å². The zero-order valence-corrected chi connectivity index (χ0v) is 9.87. The molecule has 82 valence electrons. The standard InChI is InChI=1S/C10H14N2O2S/c1-7-4-11-10(12-5-7)15-6-8(2)9(13)14-3/h4-5,8H,6H2,1-3H3. The highest BCUT2D eigenvalue weighted by Crippen LogP contribution is 2.16. The Morgan fingerprint density at radius 3 is 2.67 bits per heavy atom. The number of nitrogens with zero attached hydrogens (tertiary/aromatic N) is 2. The minimum atomic E-state index is -0.199. The average molecular weight is 226 g/mol. The van der Waals surface area contributed by atoms with Gasteiger partial charge < -0.3 is 4.74 Å². The van der Waals surface area contributed by atoms with Gasteiger partial charge in [-0.3, -0.25) is 4.79 Å². The Bertz CT molecular complexity index is 327. The summed E-state index contributed by atoms with van der Waals surface area (Å²) in [7, 11) is 1.39. The first-order valence-electron chi connectivity index (χ1n) is 4.62. The van der Waals surface area contributed by atoms with Gasteiger partial charge in [-0.15, -0.1) is 0 Å². The summed E-state index contributed by atoms with van der Waals surface area (Å²) in [6.07, 6.45) is 3.52. The van der Waals surface area contributed by atoms with Gasteiger partial charge in [0, 0.05) is 18.1 Å². The lowest BCUT2D eigenvalue weighted by Crippen LogP contribution is -2.14. The van der Waals surface area contributed by atoms with E-state index >= 15 is 0 Å². The van der Waals surface area contributed by atoms with Crippen LogP contribution in [0.4, 0.5) is 0 Å². The lowest BCUT2D eigenvalue weighted by atomic mass is 10.2. The molecule has 0 N–H and O–H groups in total. The van der Waals surface area contributed by atoms with Gasteiger partial charge in [0.25, 0.3) is 0 Å². The number of hydrogen-bond acceptors (Lipinski definition) is 5.